The van der Waals surface area contributed by atoms with Gasteiger partial charge in [-0.2, -0.15) is 4.99 Å². The average Bonchev–Trinajstić information content (AvgIpc) is 3.04. The molecule has 0 bridgehead atoms. The summed E-state index contributed by atoms with van der Waals surface area (Å²) in [6, 6.07) is 9.33. The van der Waals surface area contributed by atoms with Gasteiger partial charge in [0.1, 0.15) is 6.61 Å². The summed E-state index contributed by atoms with van der Waals surface area (Å²) in [6.45, 7) is 1.46. The third-order valence-corrected chi connectivity index (χ3v) is 5.21. The number of carbonyl (C=O) groups is 3. The third-order valence-electron chi connectivity index (χ3n) is 4.03. The van der Waals surface area contributed by atoms with Gasteiger partial charge in [-0.3, -0.25) is 9.59 Å². The minimum Gasteiger partial charge on any atom is -0.545 e. The molecule has 10 heteroatoms. The van der Waals surface area contributed by atoms with Gasteiger partial charge < -0.3 is 24.7 Å². The molecule has 3 rings (SSSR count). The number of thioether (sulfide) groups is 1. The van der Waals surface area contributed by atoms with E-state index in [1.807, 2.05) is 0 Å². The van der Waals surface area contributed by atoms with E-state index >= 15 is 0 Å². The van der Waals surface area contributed by atoms with Crippen molar-refractivity contribution >= 4 is 52.4 Å². The lowest BCUT2D eigenvalue weighted by molar-refractivity contribution is -0.255. The fraction of sp³-hybridized carbons (Fsp3) is 0.143. The minimum absolute atomic E-state index is 0.0710. The van der Waals surface area contributed by atoms with Crippen LogP contribution in [0.2, 0.25) is 5.02 Å². The Hall–Kier alpha value is -3.30. The molecule has 2 aromatic carbocycles. The zero-order valence-corrected chi connectivity index (χ0v) is 18.0. The number of halogens is 1. The highest BCUT2D eigenvalue weighted by Crippen LogP contribution is 2.38. The van der Waals surface area contributed by atoms with Crippen molar-refractivity contribution in [1.82, 2.24) is 5.32 Å². The predicted molar refractivity (Wildman–Crippen MR) is 115 cm³/mol. The molecule has 1 aliphatic heterocycles. The van der Waals surface area contributed by atoms with E-state index in [1.165, 1.54) is 26.2 Å². The first kappa shape index (κ1) is 22.4. The second kappa shape index (κ2) is 9.67. The van der Waals surface area contributed by atoms with Crippen LogP contribution in [0.4, 0.5) is 0 Å². The summed E-state index contributed by atoms with van der Waals surface area (Å²) in [7, 11) is 1.46. The number of aromatic carboxylic acids is 1. The smallest absolute Gasteiger partial charge is 0.286 e. The molecular formula is C21H16ClN2O6S-. The lowest BCUT2D eigenvalue weighted by Gasteiger charge is -2.14. The van der Waals surface area contributed by atoms with Crippen LogP contribution in [-0.2, 0) is 16.2 Å². The van der Waals surface area contributed by atoms with E-state index in [4.69, 9.17) is 21.1 Å². The molecule has 2 aromatic rings. The van der Waals surface area contributed by atoms with Gasteiger partial charge >= 0.3 is 0 Å². The van der Waals surface area contributed by atoms with Crippen molar-refractivity contribution in [3.63, 3.8) is 0 Å². The van der Waals surface area contributed by atoms with E-state index in [2.05, 4.69) is 10.3 Å². The number of hydrogen-bond acceptors (Lipinski definition) is 7. The normalized spacial score (nSPS) is 14.4. The molecular weight excluding hydrogens is 444 g/mol. The number of nitrogens with one attached hydrogen (secondary N) is 1. The van der Waals surface area contributed by atoms with Crippen molar-refractivity contribution in [2.24, 2.45) is 4.99 Å². The number of rotatable bonds is 6. The Morgan fingerprint density at radius 3 is 2.58 bits per heavy atom. The fourth-order valence-electron chi connectivity index (χ4n) is 2.62. The Labute approximate surface area is 186 Å². The number of aliphatic imine (C=N–C) groups is 1. The molecule has 0 spiro atoms. The van der Waals surface area contributed by atoms with Gasteiger partial charge in [-0.1, -0.05) is 35.9 Å². The first-order valence-electron chi connectivity index (χ1n) is 8.87. The van der Waals surface area contributed by atoms with Gasteiger partial charge in [-0.15, -0.1) is 0 Å². The SMILES string of the molecule is COc1cc(/C=C2/SC(NC(C)=O)=NC2=O)cc(Cl)c1OCc1ccc(C(=O)[O-])cc1. The van der Waals surface area contributed by atoms with Crippen LogP contribution in [0.3, 0.4) is 0 Å². The number of benzene rings is 2. The number of hydrogen-bond donors (Lipinski definition) is 1. The topological polar surface area (TPSA) is 117 Å². The van der Waals surface area contributed by atoms with Crippen molar-refractivity contribution in [2.75, 3.05) is 7.11 Å². The van der Waals surface area contributed by atoms with Gasteiger partial charge in [-0.05, 0) is 46.7 Å². The van der Waals surface area contributed by atoms with Crippen molar-refractivity contribution < 1.29 is 29.0 Å². The van der Waals surface area contributed by atoms with E-state index in [0.717, 1.165) is 17.3 Å². The molecule has 8 nitrogen and oxygen atoms in total. The summed E-state index contributed by atoms with van der Waals surface area (Å²) in [5.41, 5.74) is 1.38. The summed E-state index contributed by atoms with van der Waals surface area (Å²) < 4.78 is 11.1. The number of ether oxygens (including phenoxy) is 2. The van der Waals surface area contributed by atoms with Crippen molar-refractivity contribution in [3.8, 4) is 11.5 Å². The Morgan fingerprint density at radius 1 is 1.26 bits per heavy atom. The molecule has 1 N–H and O–H groups in total. The minimum atomic E-state index is -1.25. The first-order chi connectivity index (χ1) is 14.8. The molecule has 160 valence electrons. The second-order valence-corrected chi connectivity index (χ2v) is 7.76. The molecule has 0 aliphatic carbocycles. The summed E-state index contributed by atoms with van der Waals surface area (Å²) in [5, 5.41) is 13.8. The van der Waals surface area contributed by atoms with E-state index in [1.54, 1.807) is 30.3 Å². The van der Waals surface area contributed by atoms with Gasteiger partial charge in [0, 0.05) is 6.92 Å². The number of carbonyl (C=O) groups excluding carboxylic acids is 3. The Kier molecular flexibility index (Phi) is 6.98. The lowest BCUT2D eigenvalue weighted by Crippen LogP contribution is -2.23. The van der Waals surface area contributed by atoms with Crippen LogP contribution < -0.4 is 19.9 Å². The van der Waals surface area contributed by atoms with Crippen LogP contribution >= 0.6 is 23.4 Å². The standard InChI is InChI=1S/C21H17ClN2O6S/c1-11(25)23-21-24-19(26)17(31-21)9-13-7-15(22)18(16(8-13)29-2)30-10-12-3-5-14(6-4-12)20(27)28/h3-9H,10H2,1-2H3,(H,27,28)(H,23,24,25,26)/p-1/b17-9+. The van der Waals surface area contributed by atoms with E-state index in [9.17, 15) is 19.5 Å². The number of amidine groups is 1. The maximum absolute atomic E-state index is 12.0. The van der Waals surface area contributed by atoms with Crippen molar-refractivity contribution in [2.45, 2.75) is 13.5 Å². The zero-order chi connectivity index (χ0) is 22.5. The number of nitrogens with zero attached hydrogens (tertiary/aromatic N) is 1. The molecule has 2 amide bonds. The summed E-state index contributed by atoms with van der Waals surface area (Å²) in [5.74, 6) is -1.39. The van der Waals surface area contributed by atoms with Gasteiger partial charge in [0.05, 0.1) is 23.0 Å². The van der Waals surface area contributed by atoms with Gasteiger partial charge in [0.15, 0.2) is 16.7 Å². The monoisotopic (exact) mass is 459 g/mol. The first-order valence-corrected chi connectivity index (χ1v) is 10.1. The van der Waals surface area contributed by atoms with Crippen molar-refractivity contribution in [1.29, 1.82) is 0 Å². The van der Waals surface area contributed by atoms with E-state index < -0.39 is 11.9 Å². The zero-order valence-electron chi connectivity index (χ0n) is 16.4. The lowest BCUT2D eigenvalue weighted by atomic mass is 10.1. The molecule has 0 aromatic heterocycles. The molecule has 0 unspecified atom stereocenters. The molecule has 31 heavy (non-hydrogen) atoms. The van der Waals surface area contributed by atoms with Crippen LogP contribution in [0.15, 0.2) is 46.3 Å². The molecule has 0 radical (unpaired) electrons. The van der Waals surface area contributed by atoms with Crippen molar-refractivity contribution in [3.05, 3.63) is 63.0 Å². The van der Waals surface area contributed by atoms with E-state index in [-0.39, 0.29) is 28.3 Å². The third kappa shape index (κ3) is 5.65. The predicted octanol–water partition coefficient (Wildman–Crippen LogP) is 2.40. The van der Waals surface area contributed by atoms with Gasteiger partial charge in [0.25, 0.3) is 5.91 Å². The van der Waals surface area contributed by atoms with Crippen LogP contribution in [-0.4, -0.2) is 30.1 Å². The highest BCUT2D eigenvalue weighted by atomic mass is 35.5. The van der Waals surface area contributed by atoms with Gasteiger partial charge in [-0.25, -0.2) is 0 Å². The summed E-state index contributed by atoms with van der Waals surface area (Å²) in [6.07, 6.45) is 1.59. The number of methoxy groups -OCH3 is 1. The quantitative estimate of drug-likeness (QED) is 0.659. The summed E-state index contributed by atoms with van der Waals surface area (Å²) in [4.78, 5) is 38.1. The van der Waals surface area contributed by atoms with Gasteiger partial charge in [0.2, 0.25) is 5.91 Å². The fourth-order valence-corrected chi connectivity index (χ4v) is 3.75. The Bertz CT molecular complexity index is 1110. The van der Waals surface area contributed by atoms with Crippen LogP contribution in [0.25, 0.3) is 6.08 Å². The maximum atomic E-state index is 12.0. The summed E-state index contributed by atoms with van der Waals surface area (Å²) >= 11 is 7.41. The molecule has 0 saturated heterocycles. The molecule has 0 atom stereocenters. The number of carboxylic acids is 1. The molecule has 0 fully saturated rings. The van der Waals surface area contributed by atoms with Crippen LogP contribution in [0, 0.1) is 0 Å². The Balaban J connectivity index is 1.77. The maximum Gasteiger partial charge on any atom is 0.286 e. The van der Waals surface area contributed by atoms with E-state index in [0.29, 0.717) is 22.0 Å². The van der Waals surface area contributed by atoms with Crippen LogP contribution in [0.5, 0.6) is 11.5 Å². The number of amides is 2. The second-order valence-electron chi connectivity index (χ2n) is 6.32. The molecule has 1 heterocycles. The highest BCUT2D eigenvalue weighted by molar-refractivity contribution is 8.18. The largest absolute Gasteiger partial charge is 0.545 e. The number of carboxylic acid groups (broad SMARTS) is 1. The van der Waals surface area contributed by atoms with Crippen LogP contribution in [0.1, 0.15) is 28.4 Å². The Morgan fingerprint density at radius 2 is 1.97 bits per heavy atom. The molecule has 0 saturated carbocycles. The highest BCUT2D eigenvalue weighted by Gasteiger charge is 2.23. The average molecular weight is 460 g/mol. The molecule has 1 aliphatic rings.